The van der Waals surface area contributed by atoms with Gasteiger partial charge in [0.2, 0.25) is 5.91 Å². The third-order valence-electron chi connectivity index (χ3n) is 6.18. The molecule has 29 heavy (non-hydrogen) atoms. The Bertz CT molecular complexity index is 868. The Kier molecular flexibility index (Phi) is 4.59. The summed E-state index contributed by atoms with van der Waals surface area (Å²) in [6.45, 7) is -0.495. The fourth-order valence-electron chi connectivity index (χ4n) is 4.44. The van der Waals surface area contributed by atoms with E-state index in [1.165, 1.54) is 0 Å². The van der Waals surface area contributed by atoms with Gasteiger partial charge in [-0.2, -0.15) is 13.2 Å². The van der Waals surface area contributed by atoms with Gasteiger partial charge in [-0.05, 0) is 49.7 Å². The first kappa shape index (κ1) is 19.7. The maximum Gasteiger partial charge on any atom is 0.406 e. The van der Waals surface area contributed by atoms with Gasteiger partial charge in [0.1, 0.15) is 18.6 Å². The van der Waals surface area contributed by atoms with Crippen LogP contribution in [0.1, 0.15) is 37.3 Å². The van der Waals surface area contributed by atoms with E-state index in [0.29, 0.717) is 18.4 Å². The van der Waals surface area contributed by atoms with Crippen molar-refractivity contribution in [2.45, 2.75) is 50.4 Å². The van der Waals surface area contributed by atoms with Crippen LogP contribution in [0.25, 0.3) is 0 Å². The van der Waals surface area contributed by atoms with Crippen LogP contribution in [-0.4, -0.2) is 53.0 Å². The predicted molar refractivity (Wildman–Crippen MR) is 96.6 cm³/mol. The second-order valence-corrected chi connectivity index (χ2v) is 8.10. The molecule has 1 aromatic rings. The fraction of sp³-hybridized carbons (Fsp3) is 0.550. The number of alkyl halides is 3. The van der Waals surface area contributed by atoms with Gasteiger partial charge in [0.05, 0.1) is 0 Å². The number of rotatable bonds is 5. The molecule has 0 radical (unpaired) electrons. The van der Waals surface area contributed by atoms with E-state index in [-0.39, 0.29) is 5.92 Å². The average molecular weight is 409 g/mol. The molecule has 1 spiro atoms. The molecule has 1 saturated carbocycles. The number of hydrogen-bond donors (Lipinski definition) is 1. The van der Waals surface area contributed by atoms with Crippen LogP contribution in [0.3, 0.4) is 0 Å². The van der Waals surface area contributed by atoms with Gasteiger partial charge in [-0.15, -0.1) is 0 Å². The number of urea groups is 1. The molecule has 1 saturated heterocycles. The van der Waals surface area contributed by atoms with Crippen molar-refractivity contribution in [2.75, 3.05) is 13.1 Å². The highest BCUT2D eigenvalue weighted by atomic mass is 19.4. The van der Waals surface area contributed by atoms with Crippen LogP contribution in [0.4, 0.5) is 18.0 Å². The lowest BCUT2D eigenvalue weighted by atomic mass is 9.92. The average Bonchev–Trinajstić information content (AvgIpc) is 3.41. The number of aryl methyl sites for hydroxylation is 1. The Morgan fingerprint density at radius 2 is 2.00 bits per heavy atom. The first-order valence-electron chi connectivity index (χ1n) is 9.71. The smallest absolute Gasteiger partial charge is 0.329 e. The van der Waals surface area contributed by atoms with Crippen molar-refractivity contribution in [1.29, 1.82) is 0 Å². The number of carbonyl (C=O) groups excluding carboxylic acids is 3. The first-order valence-corrected chi connectivity index (χ1v) is 9.71. The Morgan fingerprint density at radius 3 is 2.66 bits per heavy atom. The molecule has 1 N–H and O–H groups in total. The number of fused-ring (bicyclic) bond motifs is 2. The zero-order chi connectivity index (χ0) is 21.0. The number of nitrogens with one attached hydrogen (secondary N) is 1. The van der Waals surface area contributed by atoms with Crippen molar-refractivity contribution in [3.05, 3.63) is 35.4 Å². The number of imide groups is 1. The highest BCUT2D eigenvalue weighted by Crippen LogP contribution is 2.41. The summed E-state index contributed by atoms with van der Waals surface area (Å²) in [6.07, 6.45) is -2.05. The quantitative estimate of drug-likeness (QED) is 0.760. The minimum absolute atomic E-state index is 0.0254. The van der Waals surface area contributed by atoms with E-state index in [9.17, 15) is 27.6 Å². The lowest BCUT2D eigenvalue weighted by Crippen LogP contribution is -2.50. The predicted octanol–water partition coefficient (Wildman–Crippen LogP) is 2.57. The van der Waals surface area contributed by atoms with Gasteiger partial charge in [-0.25, -0.2) is 4.79 Å². The summed E-state index contributed by atoms with van der Waals surface area (Å²) in [7, 11) is 0. The number of halogens is 3. The van der Waals surface area contributed by atoms with E-state index in [0.717, 1.165) is 28.2 Å². The number of benzene rings is 1. The monoisotopic (exact) mass is 409 g/mol. The van der Waals surface area contributed by atoms with Crippen molar-refractivity contribution >= 4 is 17.8 Å². The number of nitrogens with zero attached hydrogens (tertiary/aromatic N) is 2. The van der Waals surface area contributed by atoms with Crippen molar-refractivity contribution in [3.63, 3.8) is 0 Å². The Morgan fingerprint density at radius 1 is 1.31 bits per heavy atom. The summed E-state index contributed by atoms with van der Waals surface area (Å²) >= 11 is 0. The molecule has 6 nitrogen and oxygen atoms in total. The molecule has 4 amide bonds. The molecule has 3 aliphatic rings. The topological polar surface area (TPSA) is 69.7 Å². The molecule has 0 aromatic heterocycles. The SMILES string of the molecule is CC(C1CC1)N(CC(F)(F)F)C(=O)CN1C(=O)NC2(CCc3ccccc32)C1=O. The van der Waals surface area contributed by atoms with Crippen LogP contribution in [0.2, 0.25) is 0 Å². The number of carbonyl (C=O) groups is 3. The number of amides is 4. The third kappa shape index (κ3) is 3.47. The van der Waals surface area contributed by atoms with Crippen LogP contribution in [-0.2, 0) is 21.5 Å². The number of hydrogen-bond acceptors (Lipinski definition) is 3. The second-order valence-electron chi connectivity index (χ2n) is 8.10. The molecule has 1 aromatic carbocycles. The molecule has 1 heterocycles. The van der Waals surface area contributed by atoms with Gasteiger partial charge in [-0.3, -0.25) is 14.5 Å². The minimum atomic E-state index is -4.55. The second kappa shape index (κ2) is 6.74. The minimum Gasteiger partial charge on any atom is -0.329 e. The van der Waals surface area contributed by atoms with Gasteiger partial charge >= 0.3 is 12.2 Å². The Balaban J connectivity index is 1.55. The molecule has 2 unspecified atom stereocenters. The maximum absolute atomic E-state index is 13.1. The summed E-state index contributed by atoms with van der Waals surface area (Å²) in [5.74, 6) is -1.42. The normalized spacial score (nSPS) is 24.6. The van der Waals surface area contributed by atoms with Gasteiger partial charge in [-0.1, -0.05) is 24.3 Å². The summed E-state index contributed by atoms with van der Waals surface area (Å²) in [4.78, 5) is 39.9. The highest BCUT2D eigenvalue weighted by molar-refractivity contribution is 6.09. The van der Waals surface area contributed by atoms with E-state index < -0.39 is 48.7 Å². The van der Waals surface area contributed by atoms with Crippen molar-refractivity contribution in [2.24, 2.45) is 5.92 Å². The highest BCUT2D eigenvalue weighted by Gasteiger charge is 2.56. The van der Waals surface area contributed by atoms with Crippen LogP contribution < -0.4 is 5.32 Å². The fourth-order valence-corrected chi connectivity index (χ4v) is 4.44. The molecule has 1 aliphatic heterocycles. The summed E-state index contributed by atoms with van der Waals surface area (Å²) in [6, 6.07) is 5.91. The van der Waals surface area contributed by atoms with E-state index in [4.69, 9.17) is 0 Å². The van der Waals surface area contributed by atoms with Crippen LogP contribution in [0, 0.1) is 5.92 Å². The standard InChI is InChI=1S/C20H22F3N3O3/c1-12(13-6-7-13)26(11-20(21,22)23)16(27)10-25-17(28)19(24-18(25)29)9-8-14-4-2-3-5-15(14)19/h2-5,12-13H,6-11H2,1H3,(H,24,29). The Labute approximate surface area is 166 Å². The largest absolute Gasteiger partial charge is 0.406 e. The summed E-state index contributed by atoms with van der Waals surface area (Å²) in [5, 5.41) is 2.69. The molecule has 2 aliphatic carbocycles. The van der Waals surface area contributed by atoms with Crippen LogP contribution >= 0.6 is 0 Å². The zero-order valence-corrected chi connectivity index (χ0v) is 16.0. The van der Waals surface area contributed by atoms with Gasteiger partial charge < -0.3 is 10.2 Å². The molecule has 156 valence electrons. The van der Waals surface area contributed by atoms with Crippen LogP contribution in [0.5, 0.6) is 0 Å². The Hall–Kier alpha value is -2.58. The van der Waals surface area contributed by atoms with Crippen molar-refractivity contribution in [1.82, 2.24) is 15.1 Å². The van der Waals surface area contributed by atoms with E-state index in [1.807, 2.05) is 12.1 Å². The van der Waals surface area contributed by atoms with E-state index in [2.05, 4.69) is 5.32 Å². The molecule has 2 fully saturated rings. The molecular weight excluding hydrogens is 387 g/mol. The third-order valence-corrected chi connectivity index (χ3v) is 6.18. The lowest BCUT2D eigenvalue weighted by Gasteiger charge is -2.31. The molecule has 0 bridgehead atoms. The van der Waals surface area contributed by atoms with Gasteiger partial charge in [0, 0.05) is 6.04 Å². The molecule has 2 atom stereocenters. The first-order chi connectivity index (χ1) is 13.6. The maximum atomic E-state index is 13.1. The van der Waals surface area contributed by atoms with Gasteiger partial charge in [0.15, 0.2) is 0 Å². The van der Waals surface area contributed by atoms with E-state index >= 15 is 0 Å². The van der Waals surface area contributed by atoms with Gasteiger partial charge in [0.25, 0.3) is 5.91 Å². The van der Waals surface area contributed by atoms with Crippen LogP contribution in [0.15, 0.2) is 24.3 Å². The molecule has 4 rings (SSSR count). The summed E-state index contributed by atoms with van der Waals surface area (Å²) in [5.41, 5.74) is 0.396. The van der Waals surface area contributed by atoms with Crippen molar-refractivity contribution < 1.29 is 27.6 Å². The van der Waals surface area contributed by atoms with E-state index in [1.54, 1.807) is 19.1 Å². The zero-order valence-electron chi connectivity index (χ0n) is 16.0. The summed E-state index contributed by atoms with van der Waals surface area (Å²) < 4.78 is 39.1. The lowest BCUT2D eigenvalue weighted by molar-refractivity contribution is -0.166. The molecule has 9 heteroatoms. The molecular formula is C20H22F3N3O3. The van der Waals surface area contributed by atoms with Crippen molar-refractivity contribution in [3.8, 4) is 0 Å².